The molecular formula is C20H27N3O3. The summed E-state index contributed by atoms with van der Waals surface area (Å²) in [6.07, 6.45) is 3.65. The minimum Gasteiger partial charge on any atom is -0.351 e. The number of benzene rings is 1. The predicted molar refractivity (Wildman–Crippen MR) is 99.7 cm³/mol. The van der Waals surface area contributed by atoms with E-state index in [0.29, 0.717) is 24.3 Å². The number of carbonyl (C=O) groups is 3. The van der Waals surface area contributed by atoms with Gasteiger partial charge in [0, 0.05) is 42.2 Å². The molecule has 1 saturated heterocycles. The summed E-state index contributed by atoms with van der Waals surface area (Å²) in [7, 11) is 0. The molecule has 0 radical (unpaired) electrons. The molecule has 1 atom stereocenters. The summed E-state index contributed by atoms with van der Waals surface area (Å²) in [6.45, 7) is 4.94. The number of hydrogen-bond donors (Lipinski definition) is 2. The third-order valence-electron chi connectivity index (χ3n) is 4.90. The first-order valence-corrected chi connectivity index (χ1v) is 9.44. The molecule has 1 saturated carbocycles. The number of likely N-dealkylation sites (tertiary alicyclic amines) is 1. The second-order valence-corrected chi connectivity index (χ2v) is 7.60. The molecular weight excluding hydrogens is 330 g/mol. The first-order chi connectivity index (χ1) is 12.4. The first-order valence-electron chi connectivity index (χ1n) is 9.44. The number of anilines is 1. The molecule has 3 rings (SSSR count). The SMILES string of the molecule is CC(C)C(=O)NC1CCCN(C(=O)c2cccc(NC(=O)C3CC3)c2)C1. The number of nitrogens with one attached hydrogen (secondary N) is 2. The predicted octanol–water partition coefficient (Wildman–Crippen LogP) is 2.41. The van der Waals surface area contributed by atoms with Crippen LogP contribution in [0.4, 0.5) is 5.69 Å². The van der Waals surface area contributed by atoms with Crippen molar-refractivity contribution in [3.05, 3.63) is 29.8 Å². The molecule has 1 aliphatic carbocycles. The Morgan fingerprint density at radius 1 is 1.15 bits per heavy atom. The van der Waals surface area contributed by atoms with Crippen molar-refractivity contribution in [1.82, 2.24) is 10.2 Å². The van der Waals surface area contributed by atoms with E-state index in [1.165, 1.54) is 0 Å². The Morgan fingerprint density at radius 2 is 1.92 bits per heavy atom. The van der Waals surface area contributed by atoms with Crippen molar-refractivity contribution in [2.45, 2.75) is 45.6 Å². The zero-order chi connectivity index (χ0) is 18.7. The van der Waals surface area contributed by atoms with Gasteiger partial charge in [-0.05, 0) is 43.9 Å². The molecule has 2 aliphatic rings. The third-order valence-corrected chi connectivity index (χ3v) is 4.90. The fourth-order valence-corrected chi connectivity index (χ4v) is 3.15. The van der Waals surface area contributed by atoms with Crippen LogP contribution in [-0.4, -0.2) is 41.8 Å². The van der Waals surface area contributed by atoms with Crippen molar-refractivity contribution in [3.8, 4) is 0 Å². The summed E-state index contributed by atoms with van der Waals surface area (Å²) in [6, 6.07) is 7.10. The van der Waals surface area contributed by atoms with Gasteiger partial charge in [-0.2, -0.15) is 0 Å². The van der Waals surface area contributed by atoms with Crippen LogP contribution in [0.1, 0.15) is 49.9 Å². The molecule has 6 heteroatoms. The molecule has 1 unspecified atom stereocenters. The van der Waals surface area contributed by atoms with Gasteiger partial charge in [0.15, 0.2) is 0 Å². The van der Waals surface area contributed by atoms with Gasteiger partial charge in [-0.25, -0.2) is 0 Å². The average molecular weight is 357 g/mol. The van der Waals surface area contributed by atoms with Gasteiger partial charge in [-0.15, -0.1) is 0 Å². The summed E-state index contributed by atoms with van der Waals surface area (Å²) >= 11 is 0. The van der Waals surface area contributed by atoms with Crippen LogP contribution in [0.25, 0.3) is 0 Å². The smallest absolute Gasteiger partial charge is 0.253 e. The van der Waals surface area contributed by atoms with Crippen LogP contribution in [0.2, 0.25) is 0 Å². The quantitative estimate of drug-likeness (QED) is 0.849. The highest BCUT2D eigenvalue weighted by Crippen LogP contribution is 2.30. The molecule has 1 aromatic carbocycles. The number of amides is 3. The number of piperidine rings is 1. The monoisotopic (exact) mass is 357 g/mol. The van der Waals surface area contributed by atoms with E-state index in [9.17, 15) is 14.4 Å². The van der Waals surface area contributed by atoms with Crippen molar-refractivity contribution in [2.75, 3.05) is 18.4 Å². The lowest BCUT2D eigenvalue weighted by Gasteiger charge is -2.33. The minimum absolute atomic E-state index is 0.000326. The van der Waals surface area contributed by atoms with E-state index < -0.39 is 0 Å². The zero-order valence-electron chi connectivity index (χ0n) is 15.5. The zero-order valence-corrected chi connectivity index (χ0v) is 15.5. The lowest BCUT2D eigenvalue weighted by atomic mass is 10.0. The highest BCUT2D eigenvalue weighted by molar-refractivity contribution is 5.98. The second kappa shape index (κ2) is 7.89. The van der Waals surface area contributed by atoms with Crippen LogP contribution in [0.15, 0.2) is 24.3 Å². The van der Waals surface area contributed by atoms with Gasteiger partial charge >= 0.3 is 0 Å². The van der Waals surface area contributed by atoms with Gasteiger partial charge in [-0.3, -0.25) is 14.4 Å². The molecule has 140 valence electrons. The average Bonchev–Trinajstić information content (AvgIpc) is 3.46. The van der Waals surface area contributed by atoms with Gasteiger partial charge in [0.05, 0.1) is 0 Å². The first kappa shape index (κ1) is 18.4. The number of carbonyl (C=O) groups excluding carboxylic acids is 3. The van der Waals surface area contributed by atoms with Crippen molar-refractivity contribution in [3.63, 3.8) is 0 Å². The largest absolute Gasteiger partial charge is 0.351 e. The van der Waals surface area contributed by atoms with Crippen molar-refractivity contribution < 1.29 is 14.4 Å². The van der Waals surface area contributed by atoms with Crippen LogP contribution in [0.5, 0.6) is 0 Å². The third kappa shape index (κ3) is 4.62. The molecule has 1 aliphatic heterocycles. The molecule has 3 amide bonds. The van der Waals surface area contributed by atoms with E-state index in [4.69, 9.17) is 0 Å². The Balaban J connectivity index is 1.62. The van der Waals surface area contributed by atoms with Crippen LogP contribution in [-0.2, 0) is 9.59 Å². The van der Waals surface area contributed by atoms with E-state index in [1.54, 1.807) is 29.2 Å². The molecule has 0 spiro atoms. The van der Waals surface area contributed by atoms with Crippen LogP contribution in [0.3, 0.4) is 0 Å². The standard InChI is InChI=1S/C20H27N3O3/c1-13(2)18(24)22-17-7-4-10-23(12-17)20(26)15-5-3-6-16(11-15)21-19(25)14-8-9-14/h3,5-6,11,13-14,17H,4,7-10,12H2,1-2H3,(H,21,25)(H,22,24). The van der Waals surface area contributed by atoms with Gasteiger partial charge in [0.25, 0.3) is 5.91 Å². The minimum atomic E-state index is -0.0622. The van der Waals surface area contributed by atoms with E-state index in [-0.39, 0.29) is 35.6 Å². The summed E-state index contributed by atoms with van der Waals surface area (Å²) in [4.78, 5) is 38.5. The van der Waals surface area contributed by atoms with Gasteiger partial charge in [0.2, 0.25) is 11.8 Å². The van der Waals surface area contributed by atoms with Crippen LogP contribution >= 0.6 is 0 Å². The molecule has 1 aromatic rings. The Morgan fingerprint density at radius 3 is 2.62 bits per heavy atom. The summed E-state index contributed by atoms with van der Waals surface area (Å²) in [5.74, 6) is 0.0590. The highest BCUT2D eigenvalue weighted by atomic mass is 16.2. The maximum Gasteiger partial charge on any atom is 0.253 e. The second-order valence-electron chi connectivity index (χ2n) is 7.60. The summed E-state index contributed by atoms with van der Waals surface area (Å²) in [5.41, 5.74) is 1.23. The van der Waals surface area contributed by atoms with Crippen molar-refractivity contribution >= 4 is 23.4 Å². The molecule has 0 bridgehead atoms. The van der Waals surface area contributed by atoms with Crippen molar-refractivity contribution in [2.24, 2.45) is 11.8 Å². The fraction of sp³-hybridized carbons (Fsp3) is 0.550. The van der Waals surface area contributed by atoms with Crippen LogP contribution in [0, 0.1) is 11.8 Å². The van der Waals surface area contributed by atoms with E-state index in [1.807, 2.05) is 13.8 Å². The number of nitrogens with zero attached hydrogens (tertiary/aromatic N) is 1. The van der Waals surface area contributed by atoms with Gasteiger partial charge in [-0.1, -0.05) is 19.9 Å². The number of rotatable bonds is 5. The Labute approximate surface area is 154 Å². The Hall–Kier alpha value is -2.37. The van der Waals surface area contributed by atoms with Gasteiger partial charge < -0.3 is 15.5 Å². The van der Waals surface area contributed by atoms with Crippen LogP contribution < -0.4 is 10.6 Å². The van der Waals surface area contributed by atoms with E-state index in [2.05, 4.69) is 10.6 Å². The lowest BCUT2D eigenvalue weighted by molar-refractivity contribution is -0.125. The number of hydrogen-bond acceptors (Lipinski definition) is 3. The summed E-state index contributed by atoms with van der Waals surface area (Å²) < 4.78 is 0. The normalized spacial score (nSPS) is 20.0. The van der Waals surface area contributed by atoms with Gasteiger partial charge in [0.1, 0.15) is 0 Å². The molecule has 0 aromatic heterocycles. The van der Waals surface area contributed by atoms with E-state index >= 15 is 0 Å². The fourth-order valence-electron chi connectivity index (χ4n) is 3.15. The molecule has 6 nitrogen and oxygen atoms in total. The molecule has 2 fully saturated rings. The molecule has 1 heterocycles. The van der Waals surface area contributed by atoms with Crippen molar-refractivity contribution in [1.29, 1.82) is 0 Å². The molecule has 26 heavy (non-hydrogen) atoms. The Kier molecular flexibility index (Phi) is 5.59. The Bertz CT molecular complexity index is 697. The summed E-state index contributed by atoms with van der Waals surface area (Å²) in [5, 5.41) is 5.90. The van der Waals surface area contributed by atoms with E-state index in [0.717, 1.165) is 25.7 Å². The lowest BCUT2D eigenvalue weighted by Crippen LogP contribution is -2.50. The molecule has 2 N–H and O–H groups in total. The maximum absolute atomic E-state index is 12.8. The maximum atomic E-state index is 12.8. The highest BCUT2D eigenvalue weighted by Gasteiger charge is 2.30. The topological polar surface area (TPSA) is 78.5 Å².